The zero-order chi connectivity index (χ0) is 14.3. The van der Waals surface area contributed by atoms with Gasteiger partial charge in [0.05, 0.1) is 15.7 Å². The van der Waals surface area contributed by atoms with Gasteiger partial charge in [0.2, 0.25) is 0 Å². The number of imidazole rings is 1. The van der Waals surface area contributed by atoms with Crippen molar-refractivity contribution in [1.29, 1.82) is 0 Å². The summed E-state index contributed by atoms with van der Waals surface area (Å²) in [6, 6.07) is 4.49. The molecule has 1 aliphatic carbocycles. The van der Waals surface area contributed by atoms with Crippen LogP contribution in [0.1, 0.15) is 23.6 Å². The van der Waals surface area contributed by atoms with Crippen LogP contribution in [-0.2, 0) is 10.8 Å². The summed E-state index contributed by atoms with van der Waals surface area (Å²) in [5.41, 5.74) is 0.734. The van der Waals surface area contributed by atoms with Crippen molar-refractivity contribution in [3.8, 4) is 0 Å². The van der Waals surface area contributed by atoms with Gasteiger partial charge in [0.25, 0.3) is 0 Å². The second kappa shape index (κ2) is 3.60. The molecule has 1 fully saturated rings. The Balaban J connectivity index is 1.98. The van der Waals surface area contributed by atoms with Gasteiger partial charge in [-0.15, -0.1) is 0 Å². The molecule has 0 spiro atoms. The maximum Gasteiger partial charge on any atom is 0.176 e. The van der Waals surface area contributed by atoms with Crippen LogP contribution in [-0.4, -0.2) is 25.2 Å². The molecule has 20 heavy (non-hydrogen) atoms. The highest BCUT2D eigenvalue weighted by molar-refractivity contribution is 7.71. The van der Waals surface area contributed by atoms with Crippen LogP contribution in [0.4, 0.5) is 4.39 Å². The fourth-order valence-electron chi connectivity index (χ4n) is 3.64. The van der Waals surface area contributed by atoms with Crippen molar-refractivity contribution in [3.05, 3.63) is 51.3 Å². The molecule has 2 atom stereocenters. The Morgan fingerprint density at radius 2 is 2.20 bits per heavy atom. The summed E-state index contributed by atoms with van der Waals surface area (Å²) in [6.45, 7) is 0. The number of rotatable bonds is 1. The molecule has 0 unspecified atom stereocenters. The molecule has 7 heteroatoms. The summed E-state index contributed by atoms with van der Waals surface area (Å²) < 4.78 is 16.4. The van der Waals surface area contributed by atoms with Crippen molar-refractivity contribution < 1.29 is 4.39 Å². The van der Waals surface area contributed by atoms with Gasteiger partial charge < -0.3 is 9.55 Å². The van der Waals surface area contributed by atoms with Gasteiger partial charge in [0, 0.05) is 28.2 Å². The van der Waals surface area contributed by atoms with Crippen molar-refractivity contribution in [2.24, 2.45) is 0 Å². The lowest BCUT2D eigenvalue weighted by Gasteiger charge is -2.35. The molecule has 96 valence electrons. The number of aromatic amines is 1. The van der Waals surface area contributed by atoms with Crippen LogP contribution < -0.4 is 0 Å². The van der Waals surface area contributed by atoms with Gasteiger partial charge in [-0.3, -0.25) is 0 Å². The third-order valence-electron chi connectivity index (χ3n) is 4.62. The van der Waals surface area contributed by atoms with Crippen LogP contribution in [0, 0.1) is 10.6 Å². The highest BCUT2D eigenvalue weighted by Gasteiger charge is 2.70. The summed E-state index contributed by atoms with van der Waals surface area (Å²) in [5, 5.41) is -0.783. The maximum absolute atomic E-state index is 14.3. The molecule has 2 aliphatic rings. The zero-order valence-electron chi connectivity index (χ0n) is 10.4. The van der Waals surface area contributed by atoms with Gasteiger partial charge in [0.1, 0.15) is 5.82 Å². The topological polar surface area (TPSA) is 20.7 Å². The molecular weight excluding hydrogens is 292 g/mol. The Labute approximate surface area is 128 Å². The number of hydrogen-bond donors (Lipinski definition) is 1. The van der Waals surface area contributed by atoms with E-state index < -0.39 is 10.8 Å². The standard InChI is InChI=1S/C13H8B2ClFN2S/c14-13(15)12(7-3-6(16)1-2-9(7)17)4-8(12)10-5-18-11(20)19(10)13/h1-3,5,8H,4H2,(H,18,20)/t8-,12+/m0/s1. The van der Waals surface area contributed by atoms with E-state index in [1.165, 1.54) is 12.1 Å². The van der Waals surface area contributed by atoms with Gasteiger partial charge in [-0.1, -0.05) is 11.6 Å². The SMILES string of the molecule is [B]C1([B])n2c(c[nH]c2=S)[C@@H]2C[C@@]21c1cc(Cl)ccc1F. The molecular formula is C13H8B2ClFN2S. The second-order valence-corrected chi connectivity index (χ2v) is 6.35. The number of nitrogens with zero attached hydrogens (tertiary/aromatic N) is 1. The van der Waals surface area contributed by atoms with E-state index in [9.17, 15) is 4.39 Å². The van der Waals surface area contributed by atoms with E-state index in [-0.39, 0.29) is 11.7 Å². The molecule has 2 nitrogen and oxygen atoms in total. The van der Waals surface area contributed by atoms with Crippen LogP contribution in [0.15, 0.2) is 24.4 Å². The first kappa shape index (κ1) is 12.7. The van der Waals surface area contributed by atoms with Crippen molar-refractivity contribution in [1.82, 2.24) is 9.55 Å². The Kier molecular flexibility index (Phi) is 2.29. The van der Waals surface area contributed by atoms with Crippen LogP contribution >= 0.6 is 23.8 Å². The van der Waals surface area contributed by atoms with E-state index in [4.69, 9.17) is 39.5 Å². The Morgan fingerprint density at radius 1 is 1.45 bits per heavy atom. The third kappa shape index (κ3) is 1.25. The minimum atomic E-state index is -1.25. The average Bonchev–Trinajstić information content (AvgIpc) is 2.97. The van der Waals surface area contributed by atoms with Crippen LogP contribution in [0.5, 0.6) is 0 Å². The van der Waals surface area contributed by atoms with Crippen molar-refractivity contribution in [2.75, 3.05) is 0 Å². The van der Waals surface area contributed by atoms with Crippen molar-refractivity contribution in [3.63, 3.8) is 0 Å². The average molecular weight is 300 g/mol. The number of H-pyrrole nitrogens is 1. The monoisotopic (exact) mass is 300 g/mol. The quantitative estimate of drug-likeness (QED) is 0.634. The molecule has 4 rings (SSSR count). The number of hydrogen-bond acceptors (Lipinski definition) is 1. The largest absolute Gasteiger partial charge is 0.337 e. The molecule has 4 radical (unpaired) electrons. The molecule has 1 aliphatic heterocycles. The molecule has 2 aromatic rings. The van der Waals surface area contributed by atoms with E-state index in [1.807, 2.05) is 0 Å². The molecule has 0 bridgehead atoms. The molecule has 0 saturated heterocycles. The predicted octanol–water partition coefficient (Wildman–Crippen LogP) is 2.72. The van der Waals surface area contributed by atoms with Crippen molar-refractivity contribution >= 4 is 39.5 Å². The summed E-state index contributed by atoms with van der Waals surface area (Å²) in [4.78, 5) is 2.94. The fourth-order valence-corrected chi connectivity index (χ4v) is 4.12. The molecule has 1 aromatic carbocycles. The zero-order valence-corrected chi connectivity index (χ0v) is 11.9. The Morgan fingerprint density at radius 3 is 2.90 bits per heavy atom. The number of nitrogens with one attached hydrogen (secondary N) is 1. The molecule has 0 amide bonds. The second-order valence-electron chi connectivity index (χ2n) is 5.53. The van der Waals surface area contributed by atoms with Crippen LogP contribution in [0.25, 0.3) is 0 Å². The fraction of sp³-hybridized carbons (Fsp3) is 0.308. The van der Waals surface area contributed by atoms with E-state index in [0.29, 0.717) is 21.8 Å². The first-order valence-electron chi connectivity index (χ1n) is 6.23. The minimum absolute atomic E-state index is 0.0680. The van der Waals surface area contributed by atoms with Gasteiger partial charge in [0.15, 0.2) is 4.77 Å². The Bertz CT molecular complexity index is 800. The first-order valence-corrected chi connectivity index (χ1v) is 7.02. The van der Waals surface area contributed by atoms with E-state index in [1.54, 1.807) is 16.8 Å². The molecule has 2 heterocycles. The molecule has 1 aromatic heterocycles. The highest BCUT2D eigenvalue weighted by atomic mass is 35.5. The van der Waals surface area contributed by atoms with E-state index >= 15 is 0 Å². The van der Waals surface area contributed by atoms with Gasteiger partial charge >= 0.3 is 0 Å². The molecule has 1 N–H and O–H groups in total. The van der Waals surface area contributed by atoms with Gasteiger partial charge in [-0.05, 0) is 47.7 Å². The summed E-state index contributed by atoms with van der Waals surface area (Å²) in [6.07, 6.45) is 2.50. The smallest absolute Gasteiger partial charge is 0.176 e. The van der Waals surface area contributed by atoms with Crippen LogP contribution in [0.3, 0.4) is 0 Å². The normalized spacial score (nSPS) is 29.0. The third-order valence-corrected chi connectivity index (χ3v) is 5.15. The lowest BCUT2D eigenvalue weighted by atomic mass is 9.51. The minimum Gasteiger partial charge on any atom is -0.337 e. The van der Waals surface area contributed by atoms with E-state index in [0.717, 1.165) is 5.69 Å². The van der Waals surface area contributed by atoms with Gasteiger partial charge in [-0.25, -0.2) is 4.39 Å². The van der Waals surface area contributed by atoms with Crippen LogP contribution in [0.2, 0.25) is 5.02 Å². The number of halogens is 2. The lowest BCUT2D eigenvalue weighted by molar-refractivity contribution is 0.465. The summed E-state index contributed by atoms with van der Waals surface area (Å²) in [5.74, 6) is -0.267. The Hall–Kier alpha value is -1.00. The first-order chi connectivity index (χ1) is 9.39. The summed E-state index contributed by atoms with van der Waals surface area (Å²) in [7, 11) is 12.7. The number of benzene rings is 1. The lowest BCUT2D eigenvalue weighted by Crippen LogP contribution is -2.44. The molecule has 1 saturated carbocycles. The number of aromatic nitrogens is 2. The van der Waals surface area contributed by atoms with Crippen molar-refractivity contribution in [2.45, 2.75) is 23.1 Å². The highest BCUT2D eigenvalue weighted by Crippen LogP contribution is 2.71. The predicted molar refractivity (Wildman–Crippen MR) is 79.5 cm³/mol. The number of fused-ring (bicyclic) bond motifs is 3. The maximum atomic E-state index is 14.3. The summed E-state index contributed by atoms with van der Waals surface area (Å²) >= 11 is 11.2. The van der Waals surface area contributed by atoms with Gasteiger partial charge in [-0.2, -0.15) is 0 Å². The van der Waals surface area contributed by atoms with E-state index in [2.05, 4.69) is 4.98 Å².